The van der Waals surface area contributed by atoms with Gasteiger partial charge in [0, 0.05) is 43.3 Å². The van der Waals surface area contributed by atoms with E-state index in [9.17, 15) is 5.11 Å². The summed E-state index contributed by atoms with van der Waals surface area (Å²) < 4.78 is 9.79. The third-order valence-electron chi connectivity index (χ3n) is 8.03. The van der Waals surface area contributed by atoms with E-state index in [1.807, 2.05) is 44.4 Å². The highest BCUT2D eigenvalue weighted by Crippen LogP contribution is 2.43. The maximum atomic E-state index is 10.9. The van der Waals surface area contributed by atoms with Gasteiger partial charge in [-0.15, -0.1) is 5.10 Å². The zero-order chi connectivity index (χ0) is 26.7. The molecule has 1 saturated heterocycles. The average molecular weight is 511 g/mol. The summed E-state index contributed by atoms with van der Waals surface area (Å²) in [5.41, 5.74) is 13.1. The quantitative estimate of drug-likeness (QED) is 0.358. The fourth-order valence-electron chi connectivity index (χ4n) is 6.03. The normalized spacial score (nSPS) is 16.8. The minimum absolute atomic E-state index is 0.131. The molecule has 0 spiro atoms. The zero-order valence-electron chi connectivity index (χ0n) is 22.3. The van der Waals surface area contributed by atoms with E-state index in [0.717, 1.165) is 62.9 Å². The molecular weight excluding hydrogens is 476 g/mol. The summed E-state index contributed by atoms with van der Waals surface area (Å²) in [6.07, 6.45) is 3.57. The molecule has 1 aliphatic rings. The molecule has 0 aliphatic carbocycles. The lowest BCUT2D eigenvalue weighted by Crippen LogP contribution is -2.52. The summed E-state index contributed by atoms with van der Waals surface area (Å²) in [6.45, 7) is 6.91. The van der Waals surface area contributed by atoms with E-state index in [-0.39, 0.29) is 5.92 Å². The highest BCUT2D eigenvalue weighted by atomic mass is 16.5. The highest BCUT2D eigenvalue weighted by molar-refractivity contribution is 6.07. The monoisotopic (exact) mass is 510 g/mol. The molecule has 0 saturated carbocycles. The van der Waals surface area contributed by atoms with Crippen LogP contribution < -0.4 is 5.73 Å². The van der Waals surface area contributed by atoms with Gasteiger partial charge in [0.15, 0.2) is 0 Å². The third kappa shape index (κ3) is 3.83. The van der Waals surface area contributed by atoms with Crippen molar-refractivity contribution in [2.75, 3.05) is 13.2 Å². The fraction of sp³-hybridized carbons (Fsp3) is 0.367. The van der Waals surface area contributed by atoms with Crippen LogP contribution in [0, 0.1) is 12.8 Å². The van der Waals surface area contributed by atoms with Gasteiger partial charge in [0.25, 0.3) is 0 Å². The molecule has 1 aliphatic heterocycles. The van der Waals surface area contributed by atoms with E-state index in [1.165, 1.54) is 0 Å². The number of benzene rings is 2. The first-order valence-electron chi connectivity index (χ1n) is 13.2. The Morgan fingerprint density at radius 3 is 2.39 bits per heavy atom. The van der Waals surface area contributed by atoms with Gasteiger partial charge in [-0.1, -0.05) is 47.7 Å². The van der Waals surface area contributed by atoms with Gasteiger partial charge in [-0.2, -0.15) is 0 Å². The molecule has 0 amide bonds. The first kappa shape index (κ1) is 24.7. The van der Waals surface area contributed by atoms with Crippen LogP contribution in [0.2, 0.25) is 0 Å². The minimum Gasteiger partial charge on any atom is -0.386 e. The molecule has 3 aromatic heterocycles. The predicted octanol–water partition coefficient (Wildman–Crippen LogP) is 4.61. The van der Waals surface area contributed by atoms with Crippen LogP contribution in [0.25, 0.3) is 33.2 Å². The number of hydrogen-bond acceptors (Lipinski definition) is 6. The number of pyridine rings is 1. The van der Waals surface area contributed by atoms with Gasteiger partial charge < -0.3 is 20.1 Å². The van der Waals surface area contributed by atoms with Crippen LogP contribution in [0.3, 0.4) is 0 Å². The predicted molar refractivity (Wildman–Crippen MR) is 148 cm³/mol. The van der Waals surface area contributed by atoms with Gasteiger partial charge in [0.1, 0.15) is 5.66 Å². The Labute approximate surface area is 222 Å². The van der Waals surface area contributed by atoms with Gasteiger partial charge >= 0.3 is 0 Å². The Morgan fingerprint density at radius 2 is 1.74 bits per heavy atom. The summed E-state index contributed by atoms with van der Waals surface area (Å²) in [5.74, 6) is 0.131. The lowest BCUT2D eigenvalue weighted by Gasteiger charge is -2.42. The Hall–Kier alpha value is -3.59. The first-order chi connectivity index (χ1) is 18.2. The molecule has 6 rings (SSSR count). The van der Waals surface area contributed by atoms with Crippen molar-refractivity contribution in [3.8, 4) is 11.3 Å². The number of aliphatic hydroxyl groups is 1. The lowest BCUT2D eigenvalue weighted by atomic mass is 9.80. The number of aryl methyl sites for hydroxylation is 2. The van der Waals surface area contributed by atoms with Gasteiger partial charge in [0.05, 0.1) is 33.5 Å². The molecule has 1 atom stereocenters. The van der Waals surface area contributed by atoms with E-state index in [1.54, 1.807) is 18.5 Å². The molecule has 8 nitrogen and oxygen atoms in total. The Morgan fingerprint density at radius 1 is 1.00 bits per heavy atom. The van der Waals surface area contributed by atoms with Crippen LogP contribution in [0.5, 0.6) is 0 Å². The van der Waals surface area contributed by atoms with Gasteiger partial charge in [-0.25, -0.2) is 4.68 Å². The summed E-state index contributed by atoms with van der Waals surface area (Å²) in [5, 5.41) is 20.4. The lowest BCUT2D eigenvalue weighted by molar-refractivity contribution is 0.0315. The van der Waals surface area contributed by atoms with Crippen LogP contribution in [-0.2, 0) is 23.0 Å². The molecule has 2 aromatic carbocycles. The number of nitrogens with two attached hydrogens (primary N) is 1. The summed E-state index contributed by atoms with van der Waals surface area (Å²) in [4.78, 5) is 4.98. The maximum Gasteiger partial charge on any atom is 0.122 e. The molecule has 0 radical (unpaired) electrons. The molecule has 3 N–H and O–H groups in total. The number of aromatic nitrogens is 5. The number of ether oxygens (including phenoxy) is 1. The van der Waals surface area contributed by atoms with Crippen molar-refractivity contribution in [1.82, 2.24) is 24.5 Å². The van der Waals surface area contributed by atoms with Gasteiger partial charge in [0.2, 0.25) is 0 Å². The van der Waals surface area contributed by atoms with Crippen LogP contribution in [-0.4, -0.2) is 42.9 Å². The van der Waals surface area contributed by atoms with Crippen LogP contribution >= 0.6 is 0 Å². The van der Waals surface area contributed by atoms with Crippen LogP contribution in [0.1, 0.15) is 43.5 Å². The number of nitrogens with zero attached hydrogens (tertiary/aromatic N) is 5. The second-order valence-electron chi connectivity index (χ2n) is 10.9. The highest BCUT2D eigenvalue weighted by Gasteiger charge is 2.41. The summed E-state index contributed by atoms with van der Waals surface area (Å²) in [7, 11) is 1.89. The van der Waals surface area contributed by atoms with Gasteiger partial charge in [-0.3, -0.25) is 4.98 Å². The third-order valence-corrected chi connectivity index (χ3v) is 8.03. The van der Waals surface area contributed by atoms with E-state index < -0.39 is 11.3 Å². The second-order valence-corrected chi connectivity index (χ2v) is 10.9. The molecule has 1 unspecified atom stereocenters. The average Bonchev–Trinajstić information content (AvgIpc) is 3.44. The van der Waals surface area contributed by atoms with Crippen molar-refractivity contribution >= 4 is 21.9 Å². The molecule has 0 bridgehead atoms. The maximum absolute atomic E-state index is 10.9. The molecule has 196 valence electrons. The molecule has 8 heteroatoms. The van der Waals surface area contributed by atoms with Crippen molar-refractivity contribution in [3.63, 3.8) is 0 Å². The Bertz CT molecular complexity index is 1610. The first-order valence-corrected chi connectivity index (χ1v) is 13.2. The molecule has 4 heterocycles. The van der Waals surface area contributed by atoms with Crippen molar-refractivity contribution in [3.05, 3.63) is 77.6 Å². The van der Waals surface area contributed by atoms with Crippen molar-refractivity contribution in [2.45, 2.75) is 44.9 Å². The SMILES string of the molecule is Cc1nnn(C)c1-c1cnc2c3ccc(C(C)(C)O)cc3n(C(N)(c3ccccc3)C3CCOCC3)c2c1. The summed E-state index contributed by atoms with van der Waals surface area (Å²) in [6, 6.07) is 18.6. The molecule has 1 fully saturated rings. The van der Waals surface area contributed by atoms with Crippen LogP contribution in [0.4, 0.5) is 0 Å². The zero-order valence-corrected chi connectivity index (χ0v) is 22.3. The molecular formula is C30H34N6O2. The van der Waals surface area contributed by atoms with E-state index in [2.05, 4.69) is 45.2 Å². The van der Waals surface area contributed by atoms with Crippen molar-refractivity contribution in [1.29, 1.82) is 0 Å². The number of rotatable bonds is 5. The van der Waals surface area contributed by atoms with Crippen LogP contribution in [0.15, 0.2) is 60.8 Å². The standard InChI is InChI=1S/C30H34N6O2/c1-19-28(35(4)34-33-19)20-16-26-27(32-18-20)24-11-10-23(29(2,3)37)17-25(24)36(26)30(31,21-8-6-5-7-9-21)22-12-14-38-15-13-22/h5-11,16-18,22,37H,12-15,31H2,1-4H3. The number of hydrogen-bond donors (Lipinski definition) is 2. The second kappa shape index (κ2) is 9.01. The Balaban J connectivity index is 1.74. The topological polar surface area (TPSA) is 104 Å². The van der Waals surface area contributed by atoms with E-state index in [4.69, 9.17) is 15.5 Å². The molecule has 38 heavy (non-hydrogen) atoms. The number of fused-ring (bicyclic) bond motifs is 3. The fourth-order valence-corrected chi connectivity index (χ4v) is 6.03. The minimum atomic E-state index is -1.01. The van der Waals surface area contributed by atoms with E-state index >= 15 is 0 Å². The summed E-state index contributed by atoms with van der Waals surface area (Å²) >= 11 is 0. The smallest absolute Gasteiger partial charge is 0.122 e. The van der Waals surface area contributed by atoms with E-state index in [0.29, 0.717) is 13.2 Å². The Kier molecular flexibility index (Phi) is 5.86. The van der Waals surface area contributed by atoms with Crippen molar-refractivity contribution < 1.29 is 9.84 Å². The largest absolute Gasteiger partial charge is 0.386 e. The van der Waals surface area contributed by atoms with Crippen molar-refractivity contribution in [2.24, 2.45) is 18.7 Å². The molecule has 5 aromatic rings. The van der Waals surface area contributed by atoms with Gasteiger partial charge in [-0.05, 0) is 56.9 Å².